The lowest BCUT2D eigenvalue weighted by atomic mass is 10.1. The number of nitrogens with two attached hydrogens (primary N) is 1. The number of nitrogens with one attached hydrogen (secondary N) is 1. The van der Waals surface area contributed by atoms with Gasteiger partial charge in [-0.2, -0.15) is 0 Å². The summed E-state index contributed by atoms with van der Waals surface area (Å²) >= 11 is 11.7. The average molecular weight is 305 g/mol. The molecule has 0 atom stereocenters. The van der Waals surface area contributed by atoms with Gasteiger partial charge in [-0.05, 0) is 32.9 Å². The fourth-order valence-corrected chi connectivity index (χ4v) is 1.72. The molecule has 0 fully saturated rings. The van der Waals surface area contributed by atoms with E-state index in [4.69, 9.17) is 33.7 Å². The third-order valence-electron chi connectivity index (χ3n) is 1.98. The van der Waals surface area contributed by atoms with E-state index in [0.29, 0.717) is 0 Å². The molecular formula is C12H14Cl2N2O3. The normalized spacial score (nSPS) is 11.0. The van der Waals surface area contributed by atoms with E-state index < -0.39 is 17.6 Å². The van der Waals surface area contributed by atoms with Gasteiger partial charge in [-0.3, -0.25) is 10.1 Å². The number of primary amides is 1. The molecular weight excluding hydrogens is 291 g/mol. The minimum absolute atomic E-state index is 0.0114. The van der Waals surface area contributed by atoms with Gasteiger partial charge in [0.1, 0.15) is 5.60 Å². The second-order valence-corrected chi connectivity index (χ2v) is 5.56. The van der Waals surface area contributed by atoms with Crippen molar-refractivity contribution in [2.24, 2.45) is 5.73 Å². The largest absolute Gasteiger partial charge is 0.444 e. The van der Waals surface area contributed by atoms with E-state index in [0.717, 1.165) is 0 Å². The van der Waals surface area contributed by atoms with Gasteiger partial charge in [-0.15, -0.1) is 0 Å². The summed E-state index contributed by atoms with van der Waals surface area (Å²) in [7, 11) is 0. The summed E-state index contributed by atoms with van der Waals surface area (Å²) in [5.74, 6) is -0.793. The van der Waals surface area contributed by atoms with Crippen molar-refractivity contribution in [3.63, 3.8) is 0 Å². The van der Waals surface area contributed by atoms with Crippen LogP contribution in [0.2, 0.25) is 10.0 Å². The van der Waals surface area contributed by atoms with Crippen molar-refractivity contribution >= 4 is 40.9 Å². The van der Waals surface area contributed by atoms with E-state index in [-0.39, 0.29) is 21.3 Å². The summed E-state index contributed by atoms with van der Waals surface area (Å²) in [5, 5.41) is 2.57. The Morgan fingerprint density at radius 2 is 1.84 bits per heavy atom. The van der Waals surface area contributed by atoms with Crippen molar-refractivity contribution in [1.29, 1.82) is 0 Å². The first kappa shape index (κ1) is 15.6. The number of rotatable bonds is 2. The third kappa shape index (κ3) is 4.29. The first-order valence-corrected chi connectivity index (χ1v) is 6.15. The van der Waals surface area contributed by atoms with Gasteiger partial charge in [0.05, 0.1) is 21.3 Å². The number of amides is 2. The molecule has 0 saturated heterocycles. The highest BCUT2D eigenvalue weighted by Crippen LogP contribution is 2.31. The Morgan fingerprint density at radius 3 is 2.32 bits per heavy atom. The molecule has 1 aromatic rings. The van der Waals surface area contributed by atoms with Crippen LogP contribution in [0.5, 0.6) is 0 Å². The van der Waals surface area contributed by atoms with E-state index in [9.17, 15) is 9.59 Å². The Kier molecular flexibility index (Phi) is 4.66. The lowest BCUT2D eigenvalue weighted by molar-refractivity contribution is 0.0636. The SMILES string of the molecule is CC(C)(C)OC(=O)Nc1ccc(Cl)c(Cl)c1C(N)=O. The van der Waals surface area contributed by atoms with Gasteiger partial charge >= 0.3 is 6.09 Å². The number of anilines is 1. The fraction of sp³-hybridized carbons (Fsp3) is 0.333. The lowest BCUT2D eigenvalue weighted by Crippen LogP contribution is -2.28. The molecule has 0 aromatic heterocycles. The Balaban J connectivity index is 3.05. The second-order valence-electron chi connectivity index (χ2n) is 4.78. The van der Waals surface area contributed by atoms with Gasteiger partial charge in [-0.1, -0.05) is 23.2 Å². The van der Waals surface area contributed by atoms with Crippen molar-refractivity contribution in [2.75, 3.05) is 5.32 Å². The summed E-state index contributed by atoms with van der Waals surface area (Å²) in [5.41, 5.74) is 4.65. The summed E-state index contributed by atoms with van der Waals surface area (Å²) in [6.07, 6.45) is -0.714. The van der Waals surface area contributed by atoms with Crippen LogP contribution in [-0.2, 0) is 4.74 Å². The van der Waals surface area contributed by atoms with Crippen molar-refractivity contribution in [1.82, 2.24) is 0 Å². The van der Waals surface area contributed by atoms with Gasteiger partial charge in [0, 0.05) is 0 Å². The molecule has 1 rings (SSSR count). The third-order valence-corrected chi connectivity index (χ3v) is 2.78. The molecule has 2 amide bonds. The molecule has 3 N–H and O–H groups in total. The molecule has 5 nitrogen and oxygen atoms in total. The minimum Gasteiger partial charge on any atom is -0.444 e. The van der Waals surface area contributed by atoms with E-state index in [1.54, 1.807) is 20.8 Å². The maximum absolute atomic E-state index is 11.6. The first-order valence-electron chi connectivity index (χ1n) is 5.39. The molecule has 0 aliphatic rings. The topological polar surface area (TPSA) is 81.4 Å². The Bertz CT molecular complexity index is 524. The van der Waals surface area contributed by atoms with E-state index in [1.165, 1.54) is 12.1 Å². The van der Waals surface area contributed by atoms with Crippen LogP contribution in [0, 0.1) is 0 Å². The van der Waals surface area contributed by atoms with Crippen molar-refractivity contribution < 1.29 is 14.3 Å². The number of hydrogen-bond acceptors (Lipinski definition) is 3. The molecule has 0 unspecified atom stereocenters. The predicted octanol–water partition coefficient (Wildman–Crippen LogP) is 3.44. The van der Waals surface area contributed by atoms with Crippen LogP contribution in [-0.4, -0.2) is 17.6 Å². The van der Waals surface area contributed by atoms with Gasteiger partial charge in [-0.25, -0.2) is 4.79 Å². The molecule has 0 bridgehead atoms. The summed E-state index contributed by atoms with van der Waals surface area (Å²) in [4.78, 5) is 23.0. The van der Waals surface area contributed by atoms with Crippen LogP contribution in [0.25, 0.3) is 0 Å². The van der Waals surface area contributed by atoms with Crippen LogP contribution >= 0.6 is 23.2 Å². The Morgan fingerprint density at radius 1 is 1.26 bits per heavy atom. The second kappa shape index (κ2) is 5.67. The number of halogens is 2. The van der Waals surface area contributed by atoms with Gasteiger partial charge < -0.3 is 10.5 Å². The van der Waals surface area contributed by atoms with Gasteiger partial charge in [0.2, 0.25) is 0 Å². The molecule has 0 heterocycles. The maximum atomic E-state index is 11.6. The summed E-state index contributed by atoms with van der Waals surface area (Å²) in [6.45, 7) is 5.16. The molecule has 0 aliphatic heterocycles. The summed E-state index contributed by atoms with van der Waals surface area (Å²) in [6, 6.07) is 2.88. The smallest absolute Gasteiger partial charge is 0.412 e. The van der Waals surface area contributed by atoms with Crippen LogP contribution < -0.4 is 11.1 Å². The van der Waals surface area contributed by atoms with Crippen molar-refractivity contribution in [3.05, 3.63) is 27.7 Å². The lowest BCUT2D eigenvalue weighted by Gasteiger charge is -2.20. The van der Waals surface area contributed by atoms with Crippen LogP contribution in [0.3, 0.4) is 0 Å². The molecule has 0 aliphatic carbocycles. The fourth-order valence-electron chi connectivity index (χ4n) is 1.31. The van der Waals surface area contributed by atoms with Crippen LogP contribution in [0.1, 0.15) is 31.1 Å². The quantitative estimate of drug-likeness (QED) is 0.878. The zero-order chi connectivity index (χ0) is 14.8. The Labute approximate surface area is 121 Å². The predicted molar refractivity (Wildman–Crippen MR) is 74.8 cm³/mol. The minimum atomic E-state index is -0.793. The van der Waals surface area contributed by atoms with E-state index in [2.05, 4.69) is 5.32 Å². The number of ether oxygens (including phenoxy) is 1. The molecule has 19 heavy (non-hydrogen) atoms. The summed E-state index contributed by atoms with van der Waals surface area (Å²) < 4.78 is 5.07. The number of carbonyl (C=O) groups excluding carboxylic acids is 2. The monoisotopic (exact) mass is 304 g/mol. The van der Waals surface area contributed by atoms with Crippen molar-refractivity contribution in [3.8, 4) is 0 Å². The Hall–Kier alpha value is -1.46. The van der Waals surface area contributed by atoms with Gasteiger partial charge in [0.15, 0.2) is 0 Å². The van der Waals surface area contributed by atoms with Crippen LogP contribution in [0.15, 0.2) is 12.1 Å². The highest BCUT2D eigenvalue weighted by molar-refractivity contribution is 6.44. The molecule has 0 saturated carbocycles. The highest BCUT2D eigenvalue weighted by Gasteiger charge is 2.20. The zero-order valence-electron chi connectivity index (χ0n) is 10.7. The number of hydrogen-bond donors (Lipinski definition) is 2. The maximum Gasteiger partial charge on any atom is 0.412 e. The first-order chi connectivity index (χ1) is 8.61. The number of carbonyl (C=O) groups is 2. The number of benzene rings is 1. The standard InChI is InChI=1S/C12H14Cl2N2O3/c1-12(2,3)19-11(18)16-7-5-4-6(13)9(14)8(7)10(15)17/h4-5H,1-3H3,(H2,15,17)(H,16,18). The average Bonchev–Trinajstić information content (AvgIpc) is 2.20. The molecule has 1 aromatic carbocycles. The molecule has 104 valence electrons. The van der Waals surface area contributed by atoms with E-state index >= 15 is 0 Å². The van der Waals surface area contributed by atoms with Crippen LogP contribution in [0.4, 0.5) is 10.5 Å². The van der Waals surface area contributed by atoms with Crippen molar-refractivity contribution in [2.45, 2.75) is 26.4 Å². The molecule has 0 radical (unpaired) electrons. The molecule has 7 heteroatoms. The van der Waals surface area contributed by atoms with E-state index in [1.807, 2.05) is 0 Å². The molecule has 0 spiro atoms. The zero-order valence-corrected chi connectivity index (χ0v) is 12.2. The van der Waals surface area contributed by atoms with Gasteiger partial charge in [0.25, 0.3) is 5.91 Å². The highest BCUT2D eigenvalue weighted by atomic mass is 35.5.